The van der Waals surface area contributed by atoms with Crippen molar-refractivity contribution in [2.75, 3.05) is 0 Å². The van der Waals surface area contributed by atoms with Crippen molar-refractivity contribution in [3.63, 3.8) is 0 Å². The Bertz CT molecular complexity index is 550. The van der Waals surface area contributed by atoms with E-state index in [9.17, 15) is 4.39 Å². The summed E-state index contributed by atoms with van der Waals surface area (Å²) in [4.78, 5) is 2.36. The number of hydrogen-bond donors (Lipinski definition) is 0. The Hall–Kier alpha value is -0.380. The maximum atomic E-state index is 13.0. The van der Waals surface area contributed by atoms with E-state index in [-0.39, 0.29) is 11.2 Å². The Morgan fingerprint density at radius 2 is 2.00 bits per heavy atom. The third-order valence-corrected chi connectivity index (χ3v) is 5.03. The predicted octanol–water partition coefficient (Wildman–Crippen LogP) is 5.59. The van der Waals surface area contributed by atoms with Gasteiger partial charge in [0.15, 0.2) is 0 Å². The number of halogens is 3. The number of thiophene rings is 1. The van der Waals surface area contributed by atoms with Crippen LogP contribution in [-0.2, 0) is 0 Å². The average molecular weight is 334 g/mol. The molecule has 90 valence electrons. The van der Waals surface area contributed by atoms with Gasteiger partial charge in [0.2, 0.25) is 0 Å². The first-order valence-corrected chi connectivity index (χ1v) is 7.19. The molecular formula is C13H11BrClFS. The van der Waals surface area contributed by atoms with Crippen molar-refractivity contribution in [3.8, 4) is 0 Å². The van der Waals surface area contributed by atoms with Gasteiger partial charge in [-0.05, 0) is 43.2 Å². The Labute approximate surface area is 118 Å². The second-order valence-electron chi connectivity index (χ2n) is 3.93. The van der Waals surface area contributed by atoms with E-state index in [0.717, 1.165) is 10.4 Å². The van der Waals surface area contributed by atoms with Crippen LogP contribution in [-0.4, -0.2) is 0 Å². The predicted molar refractivity (Wildman–Crippen MR) is 75.6 cm³/mol. The molecule has 2 rings (SSSR count). The molecule has 17 heavy (non-hydrogen) atoms. The van der Waals surface area contributed by atoms with E-state index in [1.807, 2.05) is 6.92 Å². The summed E-state index contributed by atoms with van der Waals surface area (Å²) in [6, 6.07) is 6.73. The zero-order chi connectivity index (χ0) is 12.6. The van der Waals surface area contributed by atoms with Crippen molar-refractivity contribution >= 4 is 38.9 Å². The number of alkyl halides is 1. The lowest BCUT2D eigenvalue weighted by molar-refractivity contribution is 0.626. The van der Waals surface area contributed by atoms with Crippen molar-refractivity contribution < 1.29 is 4.39 Å². The number of benzene rings is 1. The molecule has 0 bridgehead atoms. The Kier molecular flexibility index (Phi) is 3.91. The first-order valence-electron chi connectivity index (χ1n) is 5.15. The quantitative estimate of drug-likeness (QED) is 0.628. The van der Waals surface area contributed by atoms with Crippen molar-refractivity contribution in [2.45, 2.75) is 19.2 Å². The molecule has 0 amide bonds. The van der Waals surface area contributed by atoms with Crippen LogP contribution >= 0.6 is 38.9 Å². The highest BCUT2D eigenvalue weighted by Crippen LogP contribution is 2.39. The molecule has 1 aromatic heterocycles. The molecule has 0 saturated heterocycles. The van der Waals surface area contributed by atoms with Gasteiger partial charge in [0.05, 0.1) is 5.38 Å². The minimum Gasteiger partial charge on any atom is -0.207 e. The molecule has 0 spiro atoms. The maximum absolute atomic E-state index is 13.0. The SMILES string of the molecule is Cc1cc(C)c(C(Cl)c2ccc(F)cc2Br)s1. The lowest BCUT2D eigenvalue weighted by Crippen LogP contribution is -1.94. The first-order chi connectivity index (χ1) is 7.99. The van der Waals surface area contributed by atoms with E-state index < -0.39 is 0 Å². The summed E-state index contributed by atoms with van der Waals surface area (Å²) < 4.78 is 13.7. The number of aryl methyl sites for hydroxylation is 2. The molecule has 0 radical (unpaired) electrons. The Morgan fingerprint density at radius 3 is 2.53 bits per heavy atom. The molecule has 0 N–H and O–H groups in total. The van der Waals surface area contributed by atoms with Crippen LogP contribution in [0, 0.1) is 19.7 Å². The smallest absolute Gasteiger partial charge is 0.124 e. The lowest BCUT2D eigenvalue weighted by atomic mass is 10.1. The summed E-state index contributed by atoms with van der Waals surface area (Å²) in [5.41, 5.74) is 2.08. The summed E-state index contributed by atoms with van der Waals surface area (Å²) >= 11 is 11.5. The van der Waals surface area contributed by atoms with Crippen LogP contribution in [0.4, 0.5) is 4.39 Å². The van der Waals surface area contributed by atoms with Gasteiger partial charge >= 0.3 is 0 Å². The van der Waals surface area contributed by atoms with Crippen molar-refractivity contribution in [1.82, 2.24) is 0 Å². The van der Waals surface area contributed by atoms with Crippen LogP contribution in [0.1, 0.15) is 26.3 Å². The highest BCUT2D eigenvalue weighted by Gasteiger charge is 2.18. The molecule has 4 heteroatoms. The van der Waals surface area contributed by atoms with Crippen LogP contribution in [0.15, 0.2) is 28.7 Å². The molecule has 2 aromatic rings. The van der Waals surface area contributed by atoms with Gasteiger partial charge in [0, 0.05) is 14.2 Å². The van der Waals surface area contributed by atoms with Crippen molar-refractivity contribution in [1.29, 1.82) is 0 Å². The fourth-order valence-corrected chi connectivity index (χ4v) is 4.00. The highest BCUT2D eigenvalue weighted by atomic mass is 79.9. The van der Waals surface area contributed by atoms with Crippen LogP contribution in [0.2, 0.25) is 0 Å². The summed E-state index contributed by atoms with van der Waals surface area (Å²) in [7, 11) is 0. The number of rotatable bonds is 2. The number of hydrogen-bond acceptors (Lipinski definition) is 1. The van der Waals surface area contributed by atoms with Gasteiger partial charge in [-0.1, -0.05) is 22.0 Å². The average Bonchev–Trinajstić information content (AvgIpc) is 2.57. The monoisotopic (exact) mass is 332 g/mol. The fourth-order valence-electron chi connectivity index (χ4n) is 1.76. The van der Waals surface area contributed by atoms with Crippen LogP contribution in [0.3, 0.4) is 0 Å². The third-order valence-electron chi connectivity index (χ3n) is 2.55. The summed E-state index contributed by atoms with van der Waals surface area (Å²) in [6.07, 6.45) is 0. The van der Waals surface area contributed by atoms with E-state index >= 15 is 0 Å². The van der Waals surface area contributed by atoms with Gasteiger partial charge in [0.1, 0.15) is 5.82 Å². The zero-order valence-electron chi connectivity index (χ0n) is 9.43. The van der Waals surface area contributed by atoms with Crippen molar-refractivity contribution in [2.24, 2.45) is 0 Å². The van der Waals surface area contributed by atoms with Crippen LogP contribution in [0.25, 0.3) is 0 Å². The normalized spacial score (nSPS) is 12.8. The molecule has 0 aliphatic rings. The van der Waals surface area contributed by atoms with Crippen LogP contribution < -0.4 is 0 Å². The molecule has 1 unspecified atom stereocenters. The third kappa shape index (κ3) is 2.72. The molecule has 0 aliphatic heterocycles. The van der Waals surface area contributed by atoms with Gasteiger partial charge in [-0.3, -0.25) is 0 Å². The van der Waals surface area contributed by atoms with Gasteiger partial charge in [-0.15, -0.1) is 22.9 Å². The summed E-state index contributed by atoms with van der Waals surface area (Å²) in [6.45, 7) is 4.11. The molecule has 0 fully saturated rings. The second kappa shape index (κ2) is 5.09. The molecule has 1 heterocycles. The zero-order valence-corrected chi connectivity index (χ0v) is 12.6. The standard InChI is InChI=1S/C13H11BrClFS/c1-7-5-8(2)17-13(7)12(15)10-4-3-9(16)6-11(10)14/h3-6,12H,1-2H3. The minimum atomic E-state index is -0.261. The van der Waals surface area contributed by atoms with E-state index in [4.69, 9.17) is 11.6 Å². The van der Waals surface area contributed by atoms with Gasteiger partial charge in [0.25, 0.3) is 0 Å². The Balaban J connectivity index is 2.43. The fraction of sp³-hybridized carbons (Fsp3) is 0.231. The minimum absolute atomic E-state index is 0.233. The second-order valence-corrected chi connectivity index (χ2v) is 6.51. The van der Waals surface area contributed by atoms with Gasteiger partial charge in [-0.2, -0.15) is 0 Å². The summed E-state index contributed by atoms with van der Waals surface area (Å²) in [5, 5.41) is -0.233. The molecule has 0 aliphatic carbocycles. The van der Waals surface area contributed by atoms with Crippen molar-refractivity contribution in [3.05, 3.63) is 55.4 Å². The van der Waals surface area contributed by atoms with Gasteiger partial charge < -0.3 is 0 Å². The topological polar surface area (TPSA) is 0 Å². The first kappa shape index (κ1) is 13.1. The van der Waals surface area contributed by atoms with E-state index in [0.29, 0.717) is 4.47 Å². The highest BCUT2D eigenvalue weighted by molar-refractivity contribution is 9.10. The van der Waals surface area contributed by atoms with E-state index in [2.05, 4.69) is 28.9 Å². The lowest BCUT2D eigenvalue weighted by Gasteiger charge is -2.11. The molecule has 0 nitrogen and oxygen atoms in total. The van der Waals surface area contributed by atoms with Crippen LogP contribution in [0.5, 0.6) is 0 Å². The molecular weight excluding hydrogens is 323 g/mol. The van der Waals surface area contributed by atoms with E-state index in [1.165, 1.54) is 22.6 Å². The van der Waals surface area contributed by atoms with E-state index in [1.54, 1.807) is 17.4 Å². The largest absolute Gasteiger partial charge is 0.207 e. The molecule has 0 saturated carbocycles. The molecule has 1 aromatic carbocycles. The summed E-state index contributed by atoms with van der Waals surface area (Å²) in [5.74, 6) is -0.261. The molecule has 1 atom stereocenters. The van der Waals surface area contributed by atoms with Gasteiger partial charge in [-0.25, -0.2) is 4.39 Å². The Morgan fingerprint density at radius 1 is 1.29 bits per heavy atom. The maximum Gasteiger partial charge on any atom is 0.124 e.